The minimum atomic E-state index is -0.176. The first-order valence-electron chi connectivity index (χ1n) is 5.51. The predicted molar refractivity (Wildman–Crippen MR) is 67.6 cm³/mol. The number of rotatable bonds is 5. The van der Waals surface area contributed by atoms with Crippen molar-refractivity contribution in [3.8, 4) is 0 Å². The summed E-state index contributed by atoms with van der Waals surface area (Å²) in [5.41, 5.74) is 5.57. The topological polar surface area (TPSA) is 77.0 Å². The maximum absolute atomic E-state index is 11.7. The lowest BCUT2D eigenvalue weighted by atomic mass is 10.4. The summed E-state index contributed by atoms with van der Waals surface area (Å²) in [6.45, 7) is 4.98. The van der Waals surface area contributed by atoms with E-state index in [-0.39, 0.29) is 11.2 Å². The van der Waals surface area contributed by atoms with Gasteiger partial charge in [-0.25, -0.2) is 0 Å². The number of amides is 1. The highest BCUT2D eigenvalue weighted by Crippen LogP contribution is 2.23. The molecular weight excluding hydrogens is 238 g/mol. The van der Waals surface area contributed by atoms with E-state index in [2.05, 4.69) is 10.2 Å². The van der Waals surface area contributed by atoms with Crippen LogP contribution in [0, 0.1) is 0 Å². The summed E-state index contributed by atoms with van der Waals surface area (Å²) in [6.07, 6.45) is 0. The molecule has 96 valence electrons. The van der Waals surface area contributed by atoms with Crippen molar-refractivity contribution in [1.82, 2.24) is 19.7 Å². The zero-order valence-corrected chi connectivity index (χ0v) is 11.5. The minimum Gasteiger partial charge on any atom is -0.348 e. The highest BCUT2D eigenvalue weighted by molar-refractivity contribution is 8.00. The van der Waals surface area contributed by atoms with Crippen LogP contribution in [0.5, 0.6) is 0 Å². The lowest BCUT2D eigenvalue weighted by molar-refractivity contribution is -0.127. The van der Waals surface area contributed by atoms with E-state index in [4.69, 9.17) is 5.73 Å². The standard InChI is InChI=1S/C10H19N5OS/c1-5-15-8(6-11)12-13-10(15)17-7(2)9(16)14(3)4/h7H,5-6,11H2,1-4H3. The number of aromatic nitrogens is 3. The van der Waals surface area contributed by atoms with E-state index in [9.17, 15) is 4.79 Å². The van der Waals surface area contributed by atoms with Crippen molar-refractivity contribution >= 4 is 17.7 Å². The second-order valence-electron chi connectivity index (χ2n) is 3.84. The Kier molecular flexibility index (Phi) is 4.95. The first-order chi connectivity index (χ1) is 8.01. The first-order valence-corrected chi connectivity index (χ1v) is 6.39. The number of nitrogens with two attached hydrogens (primary N) is 1. The maximum atomic E-state index is 11.7. The Morgan fingerprint density at radius 2 is 2.18 bits per heavy atom. The molecule has 1 rings (SSSR count). The Morgan fingerprint density at radius 1 is 1.53 bits per heavy atom. The van der Waals surface area contributed by atoms with Gasteiger partial charge in [0, 0.05) is 20.6 Å². The van der Waals surface area contributed by atoms with Crippen LogP contribution in [0.2, 0.25) is 0 Å². The Hall–Kier alpha value is -1.08. The highest BCUT2D eigenvalue weighted by atomic mass is 32.2. The van der Waals surface area contributed by atoms with Gasteiger partial charge in [0.05, 0.1) is 11.8 Å². The van der Waals surface area contributed by atoms with E-state index in [0.717, 1.165) is 17.5 Å². The first kappa shape index (κ1) is 14.0. The van der Waals surface area contributed by atoms with Crippen LogP contribution >= 0.6 is 11.8 Å². The molecule has 0 aromatic carbocycles. The lowest BCUT2D eigenvalue weighted by Crippen LogP contribution is -2.29. The molecule has 7 heteroatoms. The van der Waals surface area contributed by atoms with E-state index in [1.54, 1.807) is 19.0 Å². The monoisotopic (exact) mass is 257 g/mol. The van der Waals surface area contributed by atoms with Gasteiger partial charge in [-0.1, -0.05) is 11.8 Å². The lowest BCUT2D eigenvalue weighted by Gasteiger charge is -2.16. The third-order valence-electron chi connectivity index (χ3n) is 2.36. The van der Waals surface area contributed by atoms with Gasteiger partial charge in [0.1, 0.15) is 5.82 Å². The summed E-state index contributed by atoms with van der Waals surface area (Å²) in [5, 5.41) is 8.64. The zero-order chi connectivity index (χ0) is 13.0. The summed E-state index contributed by atoms with van der Waals surface area (Å²) < 4.78 is 1.93. The number of nitrogens with zero attached hydrogens (tertiary/aromatic N) is 4. The van der Waals surface area contributed by atoms with Gasteiger partial charge < -0.3 is 15.2 Å². The average Bonchev–Trinajstić information content (AvgIpc) is 2.69. The molecule has 17 heavy (non-hydrogen) atoms. The third-order valence-corrected chi connectivity index (χ3v) is 3.43. The third kappa shape index (κ3) is 3.19. The second-order valence-corrected chi connectivity index (χ2v) is 5.15. The molecule has 1 unspecified atom stereocenters. The van der Waals surface area contributed by atoms with Crippen molar-refractivity contribution in [1.29, 1.82) is 0 Å². The normalized spacial score (nSPS) is 12.5. The predicted octanol–water partition coefficient (Wildman–Crippen LogP) is 0.325. The average molecular weight is 257 g/mol. The molecule has 1 atom stereocenters. The van der Waals surface area contributed by atoms with Crippen molar-refractivity contribution in [2.24, 2.45) is 5.73 Å². The Labute approximate surface area is 106 Å². The van der Waals surface area contributed by atoms with Gasteiger partial charge in [0.15, 0.2) is 5.16 Å². The summed E-state index contributed by atoms with van der Waals surface area (Å²) in [5.74, 6) is 0.814. The molecule has 6 nitrogen and oxygen atoms in total. The van der Waals surface area contributed by atoms with Gasteiger partial charge in [0.25, 0.3) is 0 Å². The fourth-order valence-electron chi connectivity index (χ4n) is 1.45. The van der Waals surface area contributed by atoms with Gasteiger partial charge in [0.2, 0.25) is 5.91 Å². The fraction of sp³-hybridized carbons (Fsp3) is 0.700. The largest absolute Gasteiger partial charge is 0.348 e. The molecule has 1 amide bonds. The van der Waals surface area contributed by atoms with Crippen LogP contribution in [0.1, 0.15) is 19.7 Å². The highest BCUT2D eigenvalue weighted by Gasteiger charge is 2.20. The summed E-state index contributed by atoms with van der Waals surface area (Å²) >= 11 is 1.41. The van der Waals surface area contributed by atoms with Gasteiger partial charge in [-0.3, -0.25) is 4.79 Å². The number of hydrogen-bond acceptors (Lipinski definition) is 5. The molecule has 0 radical (unpaired) electrons. The van der Waals surface area contributed by atoms with Gasteiger partial charge in [-0.2, -0.15) is 0 Å². The summed E-state index contributed by atoms with van der Waals surface area (Å²) in [7, 11) is 3.49. The van der Waals surface area contributed by atoms with Gasteiger partial charge in [-0.05, 0) is 13.8 Å². The van der Waals surface area contributed by atoms with Crippen molar-refractivity contribution in [3.63, 3.8) is 0 Å². The van der Waals surface area contributed by atoms with Crippen LogP contribution in [0.3, 0.4) is 0 Å². The number of carbonyl (C=O) groups excluding carboxylic acids is 1. The Morgan fingerprint density at radius 3 is 2.65 bits per heavy atom. The van der Waals surface area contributed by atoms with Crippen molar-refractivity contribution in [2.75, 3.05) is 14.1 Å². The van der Waals surface area contributed by atoms with E-state index in [1.165, 1.54) is 11.8 Å². The molecular formula is C10H19N5OS. The summed E-state index contributed by atoms with van der Waals surface area (Å²) in [6, 6.07) is 0. The molecule has 0 fully saturated rings. The van der Waals surface area contributed by atoms with Crippen molar-refractivity contribution < 1.29 is 4.79 Å². The summed E-state index contributed by atoms with van der Waals surface area (Å²) in [4.78, 5) is 13.3. The molecule has 0 spiro atoms. The molecule has 0 saturated heterocycles. The minimum absolute atomic E-state index is 0.0648. The smallest absolute Gasteiger partial charge is 0.235 e. The van der Waals surface area contributed by atoms with Gasteiger partial charge in [-0.15, -0.1) is 10.2 Å². The quantitative estimate of drug-likeness (QED) is 0.769. The second kappa shape index (κ2) is 6.02. The van der Waals surface area contributed by atoms with E-state index in [1.807, 2.05) is 18.4 Å². The SMILES string of the molecule is CCn1c(CN)nnc1SC(C)C(=O)N(C)C. The van der Waals surface area contributed by atoms with Crippen molar-refractivity contribution in [3.05, 3.63) is 5.82 Å². The maximum Gasteiger partial charge on any atom is 0.235 e. The van der Waals surface area contributed by atoms with Crippen LogP contribution in [0.15, 0.2) is 5.16 Å². The fourth-order valence-corrected chi connectivity index (χ4v) is 2.52. The van der Waals surface area contributed by atoms with Crippen molar-refractivity contribution in [2.45, 2.75) is 37.3 Å². The molecule has 0 saturated carbocycles. The molecule has 2 N–H and O–H groups in total. The van der Waals surface area contributed by atoms with Crippen LogP contribution in [0.25, 0.3) is 0 Å². The molecule has 0 aliphatic rings. The molecule has 0 bridgehead atoms. The molecule has 1 heterocycles. The molecule has 1 aromatic heterocycles. The molecule has 0 aliphatic heterocycles. The van der Waals surface area contributed by atoms with E-state index >= 15 is 0 Å². The van der Waals surface area contributed by atoms with Crippen LogP contribution in [0.4, 0.5) is 0 Å². The molecule has 1 aromatic rings. The van der Waals surface area contributed by atoms with Crippen LogP contribution in [-0.4, -0.2) is 44.9 Å². The van der Waals surface area contributed by atoms with E-state index in [0.29, 0.717) is 6.54 Å². The molecule has 0 aliphatic carbocycles. The number of hydrogen-bond donors (Lipinski definition) is 1. The van der Waals surface area contributed by atoms with Gasteiger partial charge >= 0.3 is 0 Å². The number of carbonyl (C=O) groups is 1. The Bertz CT molecular complexity index is 390. The zero-order valence-electron chi connectivity index (χ0n) is 10.7. The van der Waals surface area contributed by atoms with Crippen LogP contribution in [-0.2, 0) is 17.9 Å². The Balaban J connectivity index is 2.81. The number of thioether (sulfide) groups is 1. The van der Waals surface area contributed by atoms with Crippen LogP contribution < -0.4 is 5.73 Å². The van der Waals surface area contributed by atoms with E-state index < -0.39 is 0 Å².